The highest BCUT2D eigenvalue weighted by molar-refractivity contribution is 8.18. The number of esters is 1. The molecule has 1 aliphatic rings. The number of amidine groups is 1. The molecule has 150 valence electrons. The first-order valence-electron chi connectivity index (χ1n) is 9.60. The third kappa shape index (κ3) is 5.35. The van der Waals surface area contributed by atoms with Gasteiger partial charge in [0.05, 0.1) is 22.8 Å². The normalized spacial score (nSPS) is 16.8. The Morgan fingerprint density at radius 3 is 2.45 bits per heavy atom. The second-order valence-corrected chi connectivity index (χ2v) is 8.00. The van der Waals surface area contributed by atoms with Crippen molar-refractivity contribution in [3.05, 3.63) is 70.6 Å². The van der Waals surface area contributed by atoms with E-state index >= 15 is 0 Å². The highest BCUT2D eigenvalue weighted by atomic mass is 32.2. The molecule has 0 spiro atoms. The Balaban J connectivity index is 1.86. The number of hydrogen-bond donors (Lipinski definition) is 0. The monoisotopic (exact) mass is 408 g/mol. The minimum Gasteiger partial charge on any atom is -0.462 e. The van der Waals surface area contributed by atoms with Crippen molar-refractivity contribution in [2.24, 2.45) is 10.9 Å². The van der Waals surface area contributed by atoms with Crippen molar-refractivity contribution >= 4 is 40.6 Å². The van der Waals surface area contributed by atoms with Gasteiger partial charge in [-0.2, -0.15) is 0 Å². The Hall–Kier alpha value is -2.86. The highest BCUT2D eigenvalue weighted by Crippen LogP contribution is 2.34. The summed E-state index contributed by atoms with van der Waals surface area (Å²) in [7, 11) is 0. The SMILES string of the molecule is CCOC(=O)c1ccc(C=C2SC(=Nc3ccccc3)N(CC(C)C)C2=O)cc1. The van der Waals surface area contributed by atoms with Gasteiger partial charge in [0.2, 0.25) is 0 Å². The van der Waals surface area contributed by atoms with Crippen molar-refractivity contribution < 1.29 is 14.3 Å². The second kappa shape index (κ2) is 9.56. The lowest BCUT2D eigenvalue weighted by Crippen LogP contribution is -2.32. The van der Waals surface area contributed by atoms with Gasteiger partial charge in [0, 0.05) is 6.54 Å². The molecule has 5 nitrogen and oxygen atoms in total. The molecule has 0 aliphatic carbocycles. The second-order valence-electron chi connectivity index (χ2n) is 6.99. The van der Waals surface area contributed by atoms with Gasteiger partial charge >= 0.3 is 5.97 Å². The summed E-state index contributed by atoms with van der Waals surface area (Å²) in [6.07, 6.45) is 1.84. The first kappa shape index (κ1) is 20.9. The Bertz CT molecular complexity index is 934. The van der Waals surface area contributed by atoms with E-state index in [1.165, 1.54) is 11.8 Å². The number of hydrogen-bond acceptors (Lipinski definition) is 5. The zero-order valence-electron chi connectivity index (χ0n) is 16.8. The molecule has 0 bridgehead atoms. The maximum absolute atomic E-state index is 13.0. The molecule has 2 aromatic carbocycles. The fourth-order valence-corrected chi connectivity index (χ4v) is 3.82. The van der Waals surface area contributed by atoms with Gasteiger partial charge < -0.3 is 4.74 Å². The standard InChI is InChI=1S/C23H24N2O3S/c1-4-28-22(27)18-12-10-17(11-13-18)14-20-21(26)25(15-16(2)3)23(29-20)24-19-8-6-5-7-9-19/h5-14,16H,4,15H2,1-3H3. The number of para-hydroxylation sites is 1. The molecule has 1 heterocycles. The number of benzene rings is 2. The summed E-state index contributed by atoms with van der Waals surface area (Å²) in [6.45, 7) is 6.88. The number of rotatable bonds is 6. The average Bonchev–Trinajstić information content (AvgIpc) is 2.98. The topological polar surface area (TPSA) is 59.0 Å². The molecule has 0 N–H and O–H groups in total. The lowest BCUT2D eigenvalue weighted by molar-refractivity contribution is -0.122. The zero-order chi connectivity index (χ0) is 20.8. The zero-order valence-corrected chi connectivity index (χ0v) is 17.6. The number of amides is 1. The van der Waals surface area contributed by atoms with Crippen LogP contribution >= 0.6 is 11.8 Å². The van der Waals surface area contributed by atoms with Crippen LogP contribution in [0.25, 0.3) is 6.08 Å². The molecule has 0 radical (unpaired) electrons. The van der Waals surface area contributed by atoms with Crippen LogP contribution in [0.2, 0.25) is 0 Å². The molecular weight excluding hydrogens is 384 g/mol. The van der Waals surface area contributed by atoms with Crippen molar-refractivity contribution in [2.45, 2.75) is 20.8 Å². The molecule has 1 saturated heterocycles. The van der Waals surface area contributed by atoms with E-state index in [1.54, 1.807) is 24.0 Å². The van der Waals surface area contributed by atoms with Crippen molar-refractivity contribution in [3.63, 3.8) is 0 Å². The van der Waals surface area contributed by atoms with Gasteiger partial charge in [0.1, 0.15) is 0 Å². The molecule has 1 aliphatic heterocycles. The largest absolute Gasteiger partial charge is 0.462 e. The van der Waals surface area contributed by atoms with E-state index in [2.05, 4.69) is 18.8 Å². The summed E-state index contributed by atoms with van der Waals surface area (Å²) in [4.78, 5) is 31.8. The molecule has 0 aromatic heterocycles. The number of nitrogens with zero attached hydrogens (tertiary/aromatic N) is 2. The third-order valence-corrected chi connectivity index (χ3v) is 5.14. The minimum absolute atomic E-state index is 0.0483. The average molecular weight is 409 g/mol. The van der Waals surface area contributed by atoms with E-state index in [0.29, 0.717) is 34.7 Å². The van der Waals surface area contributed by atoms with Gasteiger partial charge in [0.25, 0.3) is 5.91 Å². The van der Waals surface area contributed by atoms with Crippen molar-refractivity contribution in [2.75, 3.05) is 13.2 Å². The number of carbonyl (C=O) groups excluding carboxylic acids is 2. The van der Waals surface area contributed by atoms with Gasteiger partial charge in [-0.25, -0.2) is 9.79 Å². The lowest BCUT2D eigenvalue weighted by atomic mass is 10.1. The van der Waals surface area contributed by atoms with E-state index in [1.807, 2.05) is 48.5 Å². The molecule has 6 heteroatoms. The molecular formula is C23H24N2O3S. The molecule has 0 unspecified atom stereocenters. The third-order valence-electron chi connectivity index (χ3n) is 4.14. The Morgan fingerprint density at radius 1 is 1.14 bits per heavy atom. The van der Waals surface area contributed by atoms with Crippen molar-refractivity contribution in [3.8, 4) is 0 Å². The van der Waals surface area contributed by atoms with Crippen molar-refractivity contribution in [1.82, 2.24) is 4.90 Å². The van der Waals surface area contributed by atoms with E-state index in [9.17, 15) is 9.59 Å². The Kier molecular flexibility index (Phi) is 6.88. The van der Waals surface area contributed by atoms with Gasteiger partial charge in [-0.1, -0.05) is 44.2 Å². The number of carbonyl (C=O) groups is 2. The summed E-state index contributed by atoms with van der Waals surface area (Å²) in [5.74, 6) is -0.0741. The predicted octanol–water partition coefficient (Wildman–Crippen LogP) is 5.12. The van der Waals surface area contributed by atoms with Crippen molar-refractivity contribution in [1.29, 1.82) is 0 Å². The van der Waals surface area contributed by atoms with Gasteiger partial charge in [0.15, 0.2) is 5.17 Å². The van der Waals surface area contributed by atoms with E-state index < -0.39 is 0 Å². The first-order chi connectivity index (χ1) is 14.0. The fraction of sp³-hybridized carbons (Fsp3) is 0.261. The highest BCUT2D eigenvalue weighted by Gasteiger charge is 2.33. The van der Waals surface area contributed by atoms with Crippen LogP contribution in [0.1, 0.15) is 36.7 Å². The first-order valence-corrected chi connectivity index (χ1v) is 10.4. The summed E-state index contributed by atoms with van der Waals surface area (Å²) in [5, 5.41) is 0.685. The summed E-state index contributed by atoms with van der Waals surface area (Å²) in [5.41, 5.74) is 2.16. The smallest absolute Gasteiger partial charge is 0.338 e. The van der Waals surface area contributed by atoms with Crippen LogP contribution < -0.4 is 0 Å². The van der Waals surface area contributed by atoms with Crippen LogP contribution in [0.5, 0.6) is 0 Å². The molecule has 29 heavy (non-hydrogen) atoms. The molecule has 1 fully saturated rings. The van der Waals surface area contributed by atoms with Crippen LogP contribution in [-0.2, 0) is 9.53 Å². The quantitative estimate of drug-likeness (QED) is 0.491. The maximum atomic E-state index is 13.0. The van der Waals surface area contributed by atoms with Crippen LogP contribution in [0, 0.1) is 5.92 Å². The van der Waals surface area contributed by atoms with Gasteiger partial charge in [-0.05, 0) is 60.5 Å². The van der Waals surface area contributed by atoms with Crippen LogP contribution in [0.4, 0.5) is 5.69 Å². The molecule has 0 saturated carbocycles. The number of thioether (sulfide) groups is 1. The molecule has 1 amide bonds. The molecule has 0 atom stereocenters. The number of ether oxygens (including phenoxy) is 1. The van der Waals surface area contributed by atoms with Gasteiger partial charge in [-0.15, -0.1) is 0 Å². The molecule has 2 aromatic rings. The fourth-order valence-electron chi connectivity index (χ4n) is 2.81. The predicted molar refractivity (Wildman–Crippen MR) is 118 cm³/mol. The summed E-state index contributed by atoms with van der Waals surface area (Å²) < 4.78 is 5.00. The van der Waals surface area contributed by atoms with Crippen LogP contribution in [0.15, 0.2) is 64.5 Å². The van der Waals surface area contributed by atoms with Gasteiger partial charge in [-0.3, -0.25) is 9.69 Å². The Morgan fingerprint density at radius 2 is 1.83 bits per heavy atom. The van der Waals surface area contributed by atoms with Crippen LogP contribution in [0.3, 0.4) is 0 Å². The summed E-state index contributed by atoms with van der Waals surface area (Å²) in [6, 6.07) is 16.7. The maximum Gasteiger partial charge on any atom is 0.338 e. The minimum atomic E-state index is -0.349. The van der Waals surface area contributed by atoms with E-state index in [4.69, 9.17) is 4.74 Å². The summed E-state index contributed by atoms with van der Waals surface area (Å²) >= 11 is 1.37. The van der Waals surface area contributed by atoms with Crippen LogP contribution in [-0.4, -0.2) is 35.1 Å². The Labute approximate surface area is 175 Å². The van der Waals surface area contributed by atoms with E-state index in [-0.39, 0.29) is 11.9 Å². The lowest BCUT2D eigenvalue weighted by Gasteiger charge is -2.17. The number of aliphatic imine (C=N–C) groups is 1. The van der Waals surface area contributed by atoms with E-state index in [0.717, 1.165) is 11.3 Å². The molecule has 3 rings (SSSR count).